The summed E-state index contributed by atoms with van der Waals surface area (Å²) < 4.78 is 10.9. The minimum Gasteiger partial charge on any atom is -0.496 e. The van der Waals surface area contributed by atoms with Crippen LogP contribution < -0.4 is 0 Å². The number of allylic oxidation sites excluding steroid dienone is 5. The molecule has 3 nitrogen and oxygen atoms in total. The molecule has 1 aromatic rings. The van der Waals surface area contributed by atoms with Crippen molar-refractivity contribution in [2.24, 2.45) is 0 Å². The predicted molar refractivity (Wildman–Crippen MR) is 95.4 cm³/mol. The highest BCUT2D eigenvalue weighted by Crippen LogP contribution is 2.41. The topological polar surface area (TPSA) is 35.5 Å². The highest BCUT2D eigenvalue weighted by molar-refractivity contribution is 6.06. The summed E-state index contributed by atoms with van der Waals surface area (Å²) in [7, 11) is 1.67. The molecule has 0 N–H and O–H groups in total. The first-order valence-electron chi connectivity index (χ1n) is 8.27. The largest absolute Gasteiger partial charge is 0.496 e. The first kappa shape index (κ1) is 16.3. The SMILES string of the molecule is CCOC(=O)C1=C(C2=CC=CCC=C2OC)c2cc(C)ccc2C1. The van der Waals surface area contributed by atoms with Crippen LogP contribution in [0.5, 0.6) is 0 Å². The molecule has 0 fully saturated rings. The first-order chi connectivity index (χ1) is 11.7. The van der Waals surface area contributed by atoms with Gasteiger partial charge in [0, 0.05) is 17.6 Å². The Hall–Kier alpha value is -2.55. The lowest BCUT2D eigenvalue weighted by Crippen LogP contribution is -2.10. The second-order valence-electron chi connectivity index (χ2n) is 5.93. The van der Waals surface area contributed by atoms with Gasteiger partial charge >= 0.3 is 5.97 Å². The molecule has 3 heteroatoms. The Bertz CT molecular complexity index is 791. The van der Waals surface area contributed by atoms with Gasteiger partial charge in [-0.15, -0.1) is 0 Å². The maximum absolute atomic E-state index is 12.5. The molecule has 0 spiro atoms. The van der Waals surface area contributed by atoms with Gasteiger partial charge in [-0.2, -0.15) is 0 Å². The zero-order valence-corrected chi connectivity index (χ0v) is 14.4. The van der Waals surface area contributed by atoms with E-state index in [0.29, 0.717) is 18.6 Å². The molecule has 124 valence electrons. The van der Waals surface area contributed by atoms with Crippen LogP contribution in [0.4, 0.5) is 0 Å². The van der Waals surface area contributed by atoms with E-state index in [1.165, 1.54) is 5.56 Å². The number of esters is 1. The fraction of sp³-hybridized carbons (Fsp3) is 0.286. The number of hydrogen-bond acceptors (Lipinski definition) is 3. The molecular weight excluding hydrogens is 300 g/mol. The number of ether oxygens (including phenoxy) is 2. The van der Waals surface area contributed by atoms with Gasteiger partial charge in [0.1, 0.15) is 5.76 Å². The van der Waals surface area contributed by atoms with Crippen molar-refractivity contribution in [3.8, 4) is 0 Å². The second-order valence-corrected chi connectivity index (χ2v) is 5.93. The van der Waals surface area contributed by atoms with Crippen LogP contribution in [-0.4, -0.2) is 19.7 Å². The van der Waals surface area contributed by atoms with Crippen LogP contribution in [-0.2, 0) is 20.7 Å². The first-order valence-corrected chi connectivity index (χ1v) is 8.27. The van der Waals surface area contributed by atoms with Gasteiger partial charge in [0.15, 0.2) is 0 Å². The molecule has 1 aromatic carbocycles. The van der Waals surface area contributed by atoms with Crippen LogP contribution in [0.25, 0.3) is 5.57 Å². The maximum atomic E-state index is 12.5. The third-order valence-electron chi connectivity index (χ3n) is 4.32. The molecule has 0 radical (unpaired) electrons. The summed E-state index contributed by atoms with van der Waals surface area (Å²) in [6, 6.07) is 6.32. The summed E-state index contributed by atoms with van der Waals surface area (Å²) in [5, 5.41) is 0. The van der Waals surface area contributed by atoms with Gasteiger partial charge in [0.05, 0.1) is 19.3 Å². The highest BCUT2D eigenvalue weighted by atomic mass is 16.5. The Labute approximate surface area is 143 Å². The Balaban J connectivity index is 2.20. The molecule has 0 bridgehead atoms. The zero-order valence-electron chi connectivity index (χ0n) is 14.4. The fourth-order valence-electron chi connectivity index (χ4n) is 3.23. The van der Waals surface area contributed by atoms with E-state index in [2.05, 4.69) is 31.2 Å². The molecule has 0 saturated carbocycles. The van der Waals surface area contributed by atoms with Gasteiger partial charge in [-0.25, -0.2) is 4.79 Å². The van der Waals surface area contributed by atoms with Crippen LogP contribution in [0, 0.1) is 6.92 Å². The van der Waals surface area contributed by atoms with E-state index in [9.17, 15) is 4.79 Å². The van der Waals surface area contributed by atoms with E-state index in [-0.39, 0.29) is 5.97 Å². The van der Waals surface area contributed by atoms with Crippen LogP contribution in [0.2, 0.25) is 0 Å². The smallest absolute Gasteiger partial charge is 0.334 e. The third-order valence-corrected chi connectivity index (χ3v) is 4.32. The van der Waals surface area contributed by atoms with Gasteiger partial charge in [0.25, 0.3) is 0 Å². The van der Waals surface area contributed by atoms with Crippen molar-refractivity contribution < 1.29 is 14.3 Å². The van der Waals surface area contributed by atoms with Gasteiger partial charge < -0.3 is 9.47 Å². The molecule has 2 aliphatic rings. The molecule has 2 aliphatic carbocycles. The monoisotopic (exact) mass is 322 g/mol. The molecule has 0 aromatic heterocycles. The number of fused-ring (bicyclic) bond motifs is 1. The summed E-state index contributed by atoms with van der Waals surface area (Å²) in [4.78, 5) is 12.5. The van der Waals surface area contributed by atoms with Crippen LogP contribution in [0.1, 0.15) is 30.0 Å². The quantitative estimate of drug-likeness (QED) is 0.776. The van der Waals surface area contributed by atoms with Gasteiger partial charge in [-0.1, -0.05) is 42.0 Å². The fourth-order valence-corrected chi connectivity index (χ4v) is 3.23. The third kappa shape index (κ3) is 2.94. The molecule has 0 saturated heterocycles. The van der Waals surface area contributed by atoms with Gasteiger partial charge in [-0.3, -0.25) is 0 Å². The average molecular weight is 322 g/mol. The van der Waals surface area contributed by atoms with Crippen molar-refractivity contribution >= 4 is 11.5 Å². The maximum Gasteiger partial charge on any atom is 0.334 e. The molecular formula is C21H22O3. The number of benzene rings is 1. The lowest BCUT2D eigenvalue weighted by Gasteiger charge is -2.15. The van der Waals surface area contributed by atoms with Crippen molar-refractivity contribution in [1.29, 1.82) is 0 Å². The van der Waals surface area contributed by atoms with Gasteiger partial charge in [0.2, 0.25) is 0 Å². The Kier molecular flexibility index (Phi) is 4.70. The molecule has 0 unspecified atom stereocenters. The predicted octanol–water partition coefficient (Wildman–Crippen LogP) is 4.28. The number of hydrogen-bond donors (Lipinski definition) is 0. The minimum atomic E-state index is -0.245. The summed E-state index contributed by atoms with van der Waals surface area (Å²) in [5.74, 6) is 0.553. The Morgan fingerprint density at radius 3 is 2.88 bits per heavy atom. The molecule has 0 aliphatic heterocycles. The summed E-state index contributed by atoms with van der Waals surface area (Å²) in [5.41, 5.74) is 6.02. The lowest BCUT2D eigenvalue weighted by molar-refractivity contribution is -0.138. The number of carbonyl (C=O) groups is 1. The number of aryl methyl sites for hydroxylation is 1. The van der Waals surface area contributed by atoms with Crippen molar-refractivity contribution in [3.63, 3.8) is 0 Å². The van der Waals surface area contributed by atoms with Crippen molar-refractivity contribution in [1.82, 2.24) is 0 Å². The van der Waals surface area contributed by atoms with Crippen LogP contribution in [0.3, 0.4) is 0 Å². The van der Waals surface area contributed by atoms with E-state index in [1.54, 1.807) is 7.11 Å². The number of carbonyl (C=O) groups excluding carboxylic acids is 1. The van der Waals surface area contributed by atoms with E-state index in [0.717, 1.165) is 34.5 Å². The van der Waals surface area contributed by atoms with Crippen molar-refractivity contribution in [3.05, 3.63) is 76.1 Å². The zero-order chi connectivity index (χ0) is 17.1. The molecule has 0 atom stereocenters. The van der Waals surface area contributed by atoms with Gasteiger partial charge in [-0.05, 0) is 37.5 Å². The summed E-state index contributed by atoms with van der Waals surface area (Å²) in [6.07, 6.45) is 9.56. The van der Waals surface area contributed by atoms with E-state index >= 15 is 0 Å². The van der Waals surface area contributed by atoms with Crippen molar-refractivity contribution in [2.75, 3.05) is 13.7 Å². The van der Waals surface area contributed by atoms with Crippen molar-refractivity contribution in [2.45, 2.75) is 26.7 Å². The number of methoxy groups -OCH3 is 1. The summed E-state index contributed by atoms with van der Waals surface area (Å²) >= 11 is 0. The van der Waals surface area contributed by atoms with E-state index < -0.39 is 0 Å². The standard InChI is InChI=1S/C21H22O3/c1-4-24-21(22)18-13-15-11-10-14(2)12-17(15)20(18)16-8-6-5-7-9-19(16)23-3/h5-6,8-12H,4,7,13H2,1-3H3. The summed E-state index contributed by atoms with van der Waals surface area (Å²) in [6.45, 7) is 4.27. The highest BCUT2D eigenvalue weighted by Gasteiger charge is 2.30. The molecule has 0 heterocycles. The Morgan fingerprint density at radius 1 is 1.29 bits per heavy atom. The molecule has 24 heavy (non-hydrogen) atoms. The number of rotatable bonds is 4. The molecule has 3 rings (SSSR count). The lowest BCUT2D eigenvalue weighted by atomic mass is 9.94. The Morgan fingerprint density at radius 2 is 2.12 bits per heavy atom. The normalized spacial score (nSPS) is 16.3. The van der Waals surface area contributed by atoms with E-state index in [4.69, 9.17) is 9.47 Å². The van der Waals surface area contributed by atoms with Crippen LogP contribution >= 0.6 is 0 Å². The second kappa shape index (κ2) is 6.91. The van der Waals surface area contributed by atoms with E-state index in [1.807, 2.05) is 25.2 Å². The minimum absolute atomic E-state index is 0.245. The van der Waals surface area contributed by atoms with Crippen LogP contribution in [0.15, 0.2) is 59.4 Å². The molecule has 0 amide bonds. The average Bonchev–Trinajstić information content (AvgIpc) is 2.78.